The van der Waals surface area contributed by atoms with Gasteiger partial charge in [0.1, 0.15) is 0 Å². The van der Waals surface area contributed by atoms with Crippen molar-refractivity contribution in [3.8, 4) is 0 Å². The third-order valence-electron chi connectivity index (χ3n) is 3.70. The number of carbonyl (C=O) groups is 1. The number of anilines is 1. The molecule has 0 atom stereocenters. The number of alkyl halides is 3. The third kappa shape index (κ3) is 5.40. The molecule has 0 radical (unpaired) electrons. The van der Waals surface area contributed by atoms with Crippen LogP contribution in [0, 0.1) is 0 Å². The molecule has 0 unspecified atom stereocenters. The second-order valence-electron chi connectivity index (χ2n) is 5.68. The summed E-state index contributed by atoms with van der Waals surface area (Å²) in [6.07, 6.45) is -2.76. The van der Waals surface area contributed by atoms with E-state index in [1.165, 1.54) is 30.9 Å². The molecule has 0 saturated heterocycles. The van der Waals surface area contributed by atoms with Gasteiger partial charge in [-0.1, -0.05) is 11.6 Å². The molecule has 0 fully saturated rings. The highest BCUT2D eigenvalue weighted by Gasteiger charge is 2.31. The van der Waals surface area contributed by atoms with Gasteiger partial charge in [0.2, 0.25) is 15.9 Å². The Labute approximate surface area is 169 Å². The van der Waals surface area contributed by atoms with Gasteiger partial charge in [0.05, 0.1) is 27.7 Å². The molecule has 0 aliphatic rings. The molecule has 152 valence electrons. The number of halogens is 4. The lowest BCUT2D eigenvalue weighted by atomic mass is 10.2. The highest BCUT2D eigenvalue weighted by atomic mass is 35.5. The standard InChI is InChI=1S/C17H16ClF3N2O3S2/c1-23(28(25,26)13-6-4-12(27-2)5-7-13)10-16(24)22-15-9-11(17(19,20)21)3-8-14(15)18/h3-9H,10H2,1-2H3,(H,22,24). The number of carbonyl (C=O) groups excluding carboxylic acids is 1. The van der Waals surface area contributed by atoms with Crippen LogP contribution in [0.25, 0.3) is 0 Å². The van der Waals surface area contributed by atoms with Gasteiger partial charge in [0.15, 0.2) is 0 Å². The number of nitrogens with zero attached hydrogens (tertiary/aromatic N) is 1. The first-order valence-electron chi connectivity index (χ1n) is 7.72. The second kappa shape index (κ2) is 8.73. The highest BCUT2D eigenvalue weighted by Crippen LogP contribution is 2.33. The molecular formula is C17H16ClF3N2O3S2. The summed E-state index contributed by atoms with van der Waals surface area (Å²) >= 11 is 7.27. The van der Waals surface area contributed by atoms with Crippen LogP contribution in [0.3, 0.4) is 0 Å². The predicted molar refractivity (Wildman–Crippen MR) is 103 cm³/mol. The van der Waals surface area contributed by atoms with Crippen molar-refractivity contribution in [2.75, 3.05) is 25.2 Å². The van der Waals surface area contributed by atoms with E-state index in [0.29, 0.717) is 6.07 Å². The summed E-state index contributed by atoms with van der Waals surface area (Å²) in [5.41, 5.74) is -1.24. The van der Waals surface area contributed by atoms with Gasteiger partial charge < -0.3 is 5.32 Å². The average Bonchev–Trinajstić information content (AvgIpc) is 2.62. The Morgan fingerprint density at radius 3 is 2.32 bits per heavy atom. The van der Waals surface area contributed by atoms with Crippen LogP contribution < -0.4 is 5.32 Å². The van der Waals surface area contributed by atoms with Crippen LogP contribution >= 0.6 is 23.4 Å². The van der Waals surface area contributed by atoms with E-state index in [4.69, 9.17) is 11.6 Å². The molecule has 28 heavy (non-hydrogen) atoms. The van der Waals surface area contributed by atoms with E-state index in [0.717, 1.165) is 21.3 Å². The Hall–Kier alpha value is -1.75. The first-order chi connectivity index (χ1) is 12.9. The molecule has 0 bridgehead atoms. The van der Waals surface area contributed by atoms with Crippen molar-refractivity contribution in [1.29, 1.82) is 0 Å². The van der Waals surface area contributed by atoms with Crippen molar-refractivity contribution in [2.24, 2.45) is 0 Å². The van der Waals surface area contributed by atoms with Crippen LogP contribution in [-0.4, -0.2) is 38.5 Å². The van der Waals surface area contributed by atoms with Crippen molar-refractivity contribution in [1.82, 2.24) is 4.31 Å². The number of benzene rings is 2. The largest absolute Gasteiger partial charge is 0.416 e. The first kappa shape index (κ1) is 22.5. The Morgan fingerprint density at radius 1 is 1.18 bits per heavy atom. The van der Waals surface area contributed by atoms with Crippen molar-refractivity contribution in [2.45, 2.75) is 16.0 Å². The Morgan fingerprint density at radius 2 is 1.79 bits per heavy atom. The summed E-state index contributed by atoms with van der Waals surface area (Å²) in [6.45, 7) is -0.598. The van der Waals surface area contributed by atoms with E-state index in [1.807, 2.05) is 6.26 Å². The van der Waals surface area contributed by atoms with Crippen LogP contribution in [0.5, 0.6) is 0 Å². The number of rotatable bonds is 6. The zero-order chi connectivity index (χ0) is 21.1. The fourth-order valence-electron chi connectivity index (χ4n) is 2.20. The number of amides is 1. The molecule has 1 N–H and O–H groups in total. The molecule has 0 aliphatic carbocycles. The van der Waals surface area contributed by atoms with Gasteiger partial charge in [-0.15, -0.1) is 11.8 Å². The maximum atomic E-state index is 12.8. The summed E-state index contributed by atoms with van der Waals surface area (Å²) in [4.78, 5) is 13.0. The summed E-state index contributed by atoms with van der Waals surface area (Å²) in [7, 11) is -2.74. The van der Waals surface area contributed by atoms with Gasteiger partial charge in [-0.05, 0) is 48.7 Å². The summed E-state index contributed by atoms with van der Waals surface area (Å²) in [5, 5.41) is 2.12. The molecule has 0 saturated carbocycles. The zero-order valence-corrected chi connectivity index (χ0v) is 17.1. The van der Waals surface area contributed by atoms with E-state index in [-0.39, 0.29) is 15.6 Å². The zero-order valence-electron chi connectivity index (χ0n) is 14.7. The quantitative estimate of drug-likeness (QED) is 0.662. The maximum absolute atomic E-state index is 12.8. The number of hydrogen-bond donors (Lipinski definition) is 1. The van der Waals surface area contributed by atoms with Crippen LogP contribution in [0.4, 0.5) is 18.9 Å². The Balaban J connectivity index is 2.14. The molecule has 5 nitrogen and oxygen atoms in total. The number of hydrogen-bond acceptors (Lipinski definition) is 4. The molecular weight excluding hydrogens is 437 g/mol. The van der Waals surface area contributed by atoms with Crippen LogP contribution in [0.1, 0.15) is 5.56 Å². The molecule has 0 heterocycles. The van der Waals surface area contributed by atoms with E-state index in [1.54, 1.807) is 12.1 Å². The van der Waals surface area contributed by atoms with Gasteiger partial charge in [0.25, 0.3) is 0 Å². The number of likely N-dealkylation sites (N-methyl/N-ethyl adjacent to an activating group) is 1. The smallest absolute Gasteiger partial charge is 0.324 e. The summed E-state index contributed by atoms with van der Waals surface area (Å²) in [6, 6.07) is 8.58. The lowest BCUT2D eigenvalue weighted by Crippen LogP contribution is -2.35. The molecule has 2 aromatic carbocycles. The number of sulfonamides is 1. The van der Waals surface area contributed by atoms with Crippen LogP contribution in [-0.2, 0) is 21.0 Å². The summed E-state index contributed by atoms with van der Waals surface area (Å²) < 4.78 is 64.3. The first-order valence-corrected chi connectivity index (χ1v) is 10.8. The molecule has 0 spiro atoms. The molecule has 0 aliphatic heterocycles. The van der Waals surface area contributed by atoms with E-state index in [9.17, 15) is 26.4 Å². The van der Waals surface area contributed by atoms with E-state index in [2.05, 4.69) is 5.32 Å². The molecule has 11 heteroatoms. The highest BCUT2D eigenvalue weighted by molar-refractivity contribution is 7.98. The molecule has 2 rings (SSSR count). The lowest BCUT2D eigenvalue weighted by molar-refractivity contribution is -0.137. The number of nitrogens with one attached hydrogen (secondary N) is 1. The summed E-state index contributed by atoms with van der Waals surface area (Å²) in [5.74, 6) is -0.826. The number of thioether (sulfide) groups is 1. The Bertz CT molecular complexity index is 965. The van der Waals surface area contributed by atoms with Crippen molar-refractivity contribution in [3.63, 3.8) is 0 Å². The van der Waals surface area contributed by atoms with Crippen LogP contribution in [0.15, 0.2) is 52.3 Å². The molecule has 0 aromatic heterocycles. The monoisotopic (exact) mass is 452 g/mol. The Kier molecular flexibility index (Phi) is 7.02. The third-order valence-corrected chi connectivity index (χ3v) is 6.59. The minimum atomic E-state index is -4.60. The van der Waals surface area contributed by atoms with Gasteiger partial charge in [0, 0.05) is 11.9 Å². The van der Waals surface area contributed by atoms with Gasteiger partial charge >= 0.3 is 6.18 Å². The maximum Gasteiger partial charge on any atom is 0.416 e. The normalized spacial score (nSPS) is 12.2. The molecule has 1 amide bonds. The predicted octanol–water partition coefficient (Wildman–Crippen LogP) is 4.34. The second-order valence-corrected chi connectivity index (χ2v) is 9.01. The van der Waals surface area contributed by atoms with Crippen molar-refractivity contribution in [3.05, 3.63) is 53.1 Å². The van der Waals surface area contributed by atoms with Gasteiger partial charge in [-0.3, -0.25) is 4.79 Å². The fraction of sp³-hybridized carbons (Fsp3) is 0.235. The van der Waals surface area contributed by atoms with Crippen molar-refractivity contribution >= 4 is 45.0 Å². The van der Waals surface area contributed by atoms with E-state index >= 15 is 0 Å². The van der Waals surface area contributed by atoms with Gasteiger partial charge in [-0.2, -0.15) is 17.5 Å². The SMILES string of the molecule is CSc1ccc(S(=O)(=O)N(C)CC(=O)Nc2cc(C(F)(F)F)ccc2Cl)cc1. The van der Waals surface area contributed by atoms with Gasteiger partial charge in [-0.25, -0.2) is 8.42 Å². The van der Waals surface area contributed by atoms with Crippen LogP contribution in [0.2, 0.25) is 5.02 Å². The van der Waals surface area contributed by atoms with E-state index < -0.39 is 34.2 Å². The lowest BCUT2D eigenvalue weighted by Gasteiger charge is -2.18. The molecule has 2 aromatic rings. The fourth-order valence-corrected chi connectivity index (χ4v) is 3.90. The minimum absolute atomic E-state index is 0.00213. The average molecular weight is 453 g/mol. The minimum Gasteiger partial charge on any atom is -0.324 e. The van der Waals surface area contributed by atoms with Crippen molar-refractivity contribution < 1.29 is 26.4 Å². The topological polar surface area (TPSA) is 66.5 Å².